The molecule has 0 saturated carbocycles. The molecule has 30 heavy (non-hydrogen) atoms. The summed E-state index contributed by atoms with van der Waals surface area (Å²) in [6, 6.07) is 7.28. The Hall–Kier alpha value is -2.28. The number of unbranched alkanes of at least 4 members (excludes halogenated alkanes) is 2. The summed E-state index contributed by atoms with van der Waals surface area (Å²) >= 11 is 0. The van der Waals surface area contributed by atoms with Crippen LogP contribution in [0.3, 0.4) is 0 Å². The highest BCUT2D eigenvalue weighted by atomic mass is 16.6. The minimum absolute atomic E-state index is 0.106. The molecule has 1 aromatic rings. The van der Waals surface area contributed by atoms with Crippen LogP contribution in [0, 0.1) is 0 Å². The zero-order chi connectivity index (χ0) is 22.4. The number of carboxylic acids is 1. The van der Waals surface area contributed by atoms with Crippen LogP contribution in [-0.4, -0.2) is 60.6 Å². The number of nitrogens with zero attached hydrogens (tertiary/aromatic N) is 1. The van der Waals surface area contributed by atoms with Crippen LogP contribution in [-0.2, 0) is 20.7 Å². The molecule has 0 aromatic heterocycles. The molecule has 0 aliphatic heterocycles. The fraction of sp³-hybridized carbons (Fsp3) is 0.652. The highest BCUT2D eigenvalue weighted by molar-refractivity contribution is 5.72. The molecule has 0 spiro atoms. The zero-order valence-electron chi connectivity index (χ0n) is 18.8. The van der Waals surface area contributed by atoms with Gasteiger partial charge in [0.05, 0.1) is 6.54 Å². The number of carbonyl (C=O) groups excluding carboxylic acids is 1. The molecular weight excluding hydrogens is 386 g/mol. The Morgan fingerprint density at radius 2 is 1.77 bits per heavy atom. The molecule has 2 unspecified atom stereocenters. The number of amides is 1. The molecule has 170 valence electrons. The minimum Gasteiger partial charge on any atom is -0.492 e. The van der Waals surface area contributed by atoms with Gasteiger partial charge in [-0.25, -0.2) is 9.59 Å². The lowest BCUT2D eigenvalue weighted by Gasteiger charge is -2.24. The summed E-state index contributed by atoms with van der Waals surface area (Å²) in [5.74, 6) is -0.296. The maximum atomic E-state index is 12.4. The summed E-state index contributed by atoms with van der Waals surface area (Å²) in [5, 5.41) is 9.19. The molecule has 7 nitrogen and oxygen atoms in total. The van der Waals surface area contributed by atoms with Crippen molar-refractivity contribution in [3.05, 3.63) is 29.8 Å². The SMILES string of the molecule is CCCCCN(CCOc1ccc(CC(OCC)C(=O)O)cc1)C(=O)OC(C)CC. The van der Waals surface area contributed by atoms with Gasteiger partial charge in [0.15, 0.2) is 6.10 Å². The van der Waals surface area contributed by atoms with E-state index in [4.69, 9.17) is 14.2 Å². The summed E-state index contributed by atoms with van der Waals surface area (Å²) in [6.45, 7) is 9.59. The Balaban J connectivity index is 2.56. The Kier molecular flexibility index (Phi) is 12.6. The van der Waals surface area contributed by atoms with Crippen LogP contribution >= 0.6 is 0 Å². The summed E-state index contributed by atoms with van der Waals surface area (Å²) < 4.78 is 16.5. The van der Waals surface area contributed by atoms with Crippen LogP contribution in [0.5, 0.6) is 5.75 Å². The first-order valence-electron chi connectivity index (χ1n) is 10.9. The van der Waals surface area contributed by atoms with E-state index in [0.717, 1.165) is 31.2 Å². The number of rotatable bonds is 15. The van der Waals surface area contributed by atoms with Crippen LogP contribution < -0.4 is 4.74 Å². The lowest BCUT2D eigenvalue weighted by atomic mass is 10.1. The quantitative estimate of drug-likeness (QED) is 0.417. The Morgan fingerprint density at radius 1 is 1.07 bits per heavy atom. The summed E-state index contributed by atoms with van der Waals surface area (Å²) in [4.78, 5) is 25.3. The highest BCUT2D eigenvalue weighted by Crippen LogP contribution is 2.15. The van der Waals surface area contributed by atoms with E-state index in [1.54, 1.807) is 24.0 Å². The molecule has 7 heteroatoms. The van der Waals surface area contributed by atoms with E-state index in [1.807, 2.05) is 26.0 Å². The fourth-order valence-electron chi connectivity index (χ4n) is 2.81. The van der Waals surface area contributed by atoms with Crippen molar-refractivity contribution in [2.24, 2.45) is 0 Å². The molecule has 1 aromatic carbocycles. The average molecular weight is 424 g/mol. The predicted molar refractivity (Wildman–Crippen MR) is 116 cm³/mol. The van der Waals surface area contributed by atoms with Crippen molar-refractivity contribution in [2.75, 3.05) is 26.3 Å². The van der Waals surface area contributed by atoms with Gasteiger partial charge in [-0.2, -0.15) is 0 Å². The first-order valence-corrected chi connectivity index (χ1v) is 10.9. The van der Waals surface area contributed by atoms with E-state index >= 15 is 0 Å². The van der Waals surface area contributed by atoms with Crippen LogP contribution in [0.4, 0.5) is 4.79 Å². The summed E-state index contributed by atoms with van der Waals surface area (Å²) in [7, 11) is 0. The molecule has 1 amide bonds. The van der Waals surface area contributed by atoms with Gasteiger partial charge in [-0.3, -0.25) is 0 Å². The second-order valence-corrected chi connectivity index (χ2v) is 7.28. The number of ether oxygens (including phenoxy) is 3. The van der Waals surface area contributed by atoms with Gasteiger partial charge < -0.3 is 24.2 Å². The molecule has 1 N–H and O–H groups in total. The first-order chi connectivity index (χ1) is 14.4. The van der Waals surface area contributed by atoms with Crippen molar-refractivity contribution >= 4 is 12.1 Å². The van der Waals surface area contributed by atoms with Gasteiger partial charge in [0.25, 0.3) is 0 Å². The molecular formula is C23H37NO6. The lowest BCUT2D eigenvalue weighted by molar-refractivity contribution is -0.149. The number of hydrogen-bond donors (Lipinski definition) is 1. The monoisotopic (exact) mass is 423 g/mol. The van der Waals surface area contributed by atoms with Gasteiger partial charge in [0, 0.05) is 19.6 Å². The van der Waals surface area contributed by atoms with Gasteiger partial charge in [-0.05, 0) is 44.4 Å². The van der Waals surface area contributed by atoms with E-state index in [0.29, 0.717) is 38.5 Å². The minimum atomic E-state index is -0.968. The van der Waals surface area contributed by atoms with Crippen molar-refractivity contribution in [1.82, 2.24) is 4.90 Å². The number of aliphatic carboxylic acids is 1. The summed E-state index contributed by atoms with van der Waals surface area (Å²) in [5.41, 5.74) is 0.863. The molecule has 1 rings (SSSR count). The summed E-state index contributed by atoms with van der Waals surface area (Å²) in [6.07, 6.45) is 2.92. The van der Waals surface area contributed by atoms with Crippen LogP contribution in [0.25, 0.3) is 0 Å². The molecule has 0 aliphatic carbocycles. The van der Waals surface area contributed by atoms with E-state index in [9.17, 15) is 14.7 Å². The second kappa shape index (κ2) is 14.7. The average Bonchev–Trinajstić information content (AvgIpc) is 2.73. The smallest absolute Gasteiger partial charge is 0.410 e. The largest absolute Gasteiger partial charge is 0.492 e. The van der Waals surface area contributed by atoms with Crippen LogP contribution in [0.15, 0.2) is 24.3 Å². The van der Waals surface area contributed by atoms with Gasteiger partial charge in [0.1, 0.15) is 18.5 Å². The second-order valence-electron chi connectivity index (χ2n) is 7.28. The lowest BCUT2D eigenvalue weighted by Crippen LogP contribution is -2.37. The third-order valence-electron chi connectivity index (χ3n) is 4.78. The van der Waals surface area contributed by atoms with Crippen molar-refractivity contribution in [3.8, 4) is 5.75 Å². The third-order valence-corrected chi connectivity index (χ3v) is 4.78. The Morgan fingerprint density at radius 3 is 2.33 bits per heavy atom. The first kappa shape index (κ1) is 25.8. The van der Waals surface area contributed by atoms with Crippen molar-refractivity contribution in [2.45, 2.75) is 72.0 Å². The van der Waals surface area contributed by atoms with Gasteiger partial charge >= 0.3 is 12.1 Å². The third kappa shape index (κ3) is 9.96. The topological polar surface area (TPSA) is 85.3 Å². The molecule has 0 saturated heterocycles. The van der Waals surface area contributed by atoms with Gasteiger partial charge in [-0.15, -0.1) is 0 Å². The number of hydrogen-bond acceptors (Lipinski definition) is 5. The fourth-order valence-corrected chi connectivity index (χ4v) is 2.81. The van der Waals surface area contributed by atoms with E-state index in [-0.39, 0.29) is 12.2 Å². The molecule has 0 fully saturated rings. The van der Waals surface area contributed by atoms with Crippen LogP contribution in [0.2, 0.25) is 0 Å². The van der Waals surface area contributed by atoms with Gasteiger partial charge in [-0.1, -0.05) is 38.8 Å². The van der Waals surface area contributed by atoms with Gasteiger partial charge in [0.2, 0.25) is 0 Å². The van der Waals surface area contributed by atoms with Crippen molar-refractivity contribution in [3.63, 3.8) is 0 Å². The molecule has 0 aliphatic rings. The molecule has 2 atom stereocenters. The number of benzene rings is 1. The molecule has 0 heterocycles. The highest BCUT2D eigenvalue weighted by Gasteiger charge is 2.18. The van der Waals surface area contributed by atoms with E-state index < -0.39 is 12.1 Å². The molecule has 0 radical (unpaired) electrons. The van der Waals surface area contributed by atoms with Crippen molar-refractivity contribution < 1.29 is 28.9 Å². The molecule has 0 bridgehead atoms. The maximum absolute atomic E-state index is 12.4. The van der Waals surface area contributed by atoms with Crippen molar-refractivity contribution in [1.29, 1.82) is 0 Å². The zero-order valence-corrected chi connectivity index (χ0v) is 18.8. The Labute approximate surface area is 180 Å². The Bertz CT molecular complexity index is 619. The maximum Gasteiger partial charge on any atom is 0.410 e. The van der Waals surface area contributed by atoms with E-state index in [2.05, 4.69) is 6.92 Å². The normalized spacial score (nSPS) is 12.8. The number of carbonyl (C=O) groups is 2. The van der Waals surface area contributed by atoms with E-state index in [1.165, 1.54) is 0 Å². The number of carboxylic acid groups (broad SMARTS) is 1. The standard InChI is InChI=1S/C23H37NO6/c1-5-8-9-14-24(23(27)30-18(4)6-2)15-16-29-20-12-10-19(11-13-20)17-21(22(25)26)28-7-3/h10-13,18,21H,5-9,14-17H2,1-4H3,(H,25,26). The predicted octanol–water partition coefficient (Wildman–Crippen LogP) is 4.52. The van der Waals surface area contributed by atoms with Crippen LogP contribution in [0.1, 0.15) is 58.9 Å².